The molecule has 2 aromatic rings. The van der Waals surface area contributed by atoms with Crippen LogP contribution >= 0.6 is 35.0 Å². The monoisotopic (exact) mass is 354 g/mol. The minimum atomic E-state index is -0.196. The van der Waals surface area contributed by atoms with Crippen LogP contribution in [0.1, 0.15) is 13.3 Å². The van der Waals surface area contributed by atoms with E-state index in [1.54, 1.807) is 18.2 Å². The van der Waals surface area contributed by atoms with Crippen molar-refractivity contribution in [3.63, 3.8) is 0 Å². The summed E-state index contributed by atoms with van der Waals surface area (Å²) in [6.45, 7) is 1.98. The standard InChI is InChI=1S/C16H16Cl2N2OS/c1-2-15(22-12-6-3-10(19)4-7-12)16(21)20-11-5-8-13(17)14(18)9-11/h3-9,15H,2,19H2,1H3,(H,20,21). The average Bonchev–Trinajstić information content (AvgIpc) is 2.50. The molecule has 0 saturated carbocycles. The lowest BCUT2D eigenvalue weighted by molar-refractivity contribution is -0.115. The normalized spacial score (nSPS) is 12.0. The van der Waals surface area contributed by atoms with Crippen LogP contribution in [0, 0.1) is 0 Å². The van der Waals surface area contributed by atoms with Gasteiger partial charge >= 0.3 is 0 Å². The molecule has 0 aliphatic heterocycles. The van der Waals surface area contributed by atoms with Gasteiger partial charge in [-0.1, -0.05) is 30.1 Å². The topological polar surface area (TPSA) is 55.1 Å². The summed E-state index contributed by atoms with van der Waals surface area (Å²) < 4.78 is 0. The summed E-state index contributed by atoms with van der Waals surface area (Å²) in [6.07, 6.45) is 0.711. The van der Waals surface area contributed by atoms with Gasteiger partial charge in [0.05, 0.1) is 15.3 Å². The fourth-order valence-electron chi connectivity index (χ4n) is 1.83. The van der Waals surface area contributed by atoms with Crippen molar-refractivity contribution in [3.8, 4) is 0 Å². The first-order valence-electron chi connectivity index (χ1n) is 6.77. The van der Waals surface area contributed by atoms with Crippen molar-refractivity contribution < 1.29 is 4.79 Å². The first kappa shape index (κ1) is 17.0. The van der Waals surface area contributed by atoms with Gasteiger partial charge in [0, 0.05) is 16.3 Å². The number of anilines is 2. The first-order chi connectivity index (χ1) is 10.5. The van der Waals surface area contributed by atoms with Gasteiger partial charge in [0.1, 0.15) is 0 Å². The maximum absolute atomic E-state index is 12.4. The summed E-state index contributed by atoms with van der Waals surface area (Å²) >= 11 is 13.3. The summed E-state index contributed by atoms with van der Waals surface area (Å²) in [4.78, 5) is 13.4. The quantitative estimate of drug-likeness (QED) is 0.581. The number of amides is 1. The van der Waals surface area contributed by atoms with E-state index >= 15 is 0 Å². The molecule has 2 rings (SSSR count). The van der Waals surface area contributed by atoms with Crippen molar-refractivity contribution in [1.29, 1.82) is 0 Å². The zero-order valence-electron chi connectivity index (χ0n) is 12.0. The molecule has 0 heterocycles. The zero-order chi connectivity index (χ0) is 16.1. The number of carbonyl (C=O) groups excluding carboxylic acids is 1. The van der Waals surface area contributed by atoms with E-state index in [2.05, 4.69) is 5.32 Å². The SMILES string of the molecule is CCC(Sc1ccc(N)cc1)C(=O)Nc1ccc(Cl)c(Cl)c1. The second kappa shape index (κ2) is 7.77. The summed E-state index contributed by atoms with van der Waals surface area (Å²) in [5, 5.41) is 3.55. The van der Waals surface area contributed by atoms with Crippen molar-refractivity contribution in [2.75, 3.05) is 11.1 Å². The molecule has 6 heteroatoms. The van der Waals surface area contributed by atoms with E-state index in [-0.39, 0.29) is 11.2 Å². The van der Waals surface area contributed by atoms with Crippen LogP contribution in [0.25, 0.3) is 0 Å². The van der Waals surface area contributed by atoms with Crippen molar-refractivity contribution >= 4 is 52.2 Å². The van der Waals surface area contributed by atoms with Crippen LogP contribution in [-0.4, -0.2) is 11.2 Å². The molecule has 0 bridgehead atoms. The van der Waals surface area contributed by atoms with Crippen molar-refractivity contribution in [3.05, 3.63) is 52.5 Å². The number of rotatable bonds is 5. The molecule has 0 fully saturated rings. The second-order valence-corrected chi connectivity index (χ2v) is 6.79. The van der Waals surface area contributed by atoms with Crippen molar-refractivity contribution in [2.24, 2.45) is 0 Å². The Kier molecular flexibility index (Phi) is 6.00. The summed E-state index contributed by atoms with van der Waals surface area (Å²) in [5.41, 5.74) is 7.01. The van der Waals surface area contributed by atoms with E-state index in [1.807, 2.05) is 31.2 Å². The number of nitrogen functional groups attached to an aromatic ring is 1. The molecule has 0 aromatic heterocycles. The number of halogens is 2. The van der Waals surface area contributed by atoms with Crippen LogP contribution < -0.4 is 11.1 Å². The van der Waals surface area contributed by atoms with Gasteiger partial charge in [-0.2, -0.15) is 0 Å². The van der Waals surface area contributed by atoms with Crippen LogP contribution in [0.4, 0.5) is 11.4 Å². The lowest BCUT2D eigenvalue weighted by atomic mass is 10.2. The number of carbonyl (C=O) groups is 1. The van der Waals surface area contributed by atoms with Crippen LogP contribution in [0.15, 0.2) is 47.4 Å². The van der Waals surface area contributed by atoms with E-state index in [4.69, 9.17) is 28.9 Å². The molecule has 1 amide bonds. The molecule has 0 aliphatic rings. The third kappa shape index (κ3) is 4.57. The van der Waals surface area contributed by atoms with Crippen LogP contribution in [0.3, 0.4) is 0 Å². The van der Waals surface area contributed by atoms with Crippen LogP contribution in [-0.2, 0) is 4.79 Å². The van der Waals surface area contributed by atoms with E-state index in [0.29, 0.717) is 27.8 Å². The maximum Gasteiger partial charge on any atom is 0.237 e. The molecule has 3 N–H and O–H groups in total. The van der Waals surface area contributed by atoms with Gasteiger partial charge in [0.25, 0.3) is 0 Å². The maximum atomic E-state index is 12.4. The summed E-state index contributed by atoms with van der Waals surface area (Å²) in [5.74, 6) is -0.0669. The Labute approximate surface area is 144 Å². The molecule has 1 unspecified atom stereocenters. The molecular weight excluding hydrogens is 339 g/mol. The zero-order valence-corrected chi connectivity index (χ0v) is 14.3. The van der Waals surface area contributed by atoms with Gasteiger partial charge in [-0.15, -0.1) is 11.8 Å². The molecule has 2 aromatic carbocycles. The highest BCUT2D eigenvalue weighted by atomic mass is 35.5. The Morgan fingerprint density at radius 3 is 2.45 bits per heavy atom. The molecule has 1 atom stereocenters. The van der Waals surface area contributed by atoms with Crippen LogP contribution in [0.2, 0.25) is 10.0 Å². The van der Waals surface area contributed by atoms with Gasteiger partial charge < -0.3 is 11.1 Å². The summed E-state index contributed by atoms with van der Waals surface area (Å²) in [7, 11) is 0. The molecule has 0 spiro atoms. The highest BCUT2D eigenvalue weighted by Crippen LogP contribution is 2.29. The number of thioether (sulfide) groups is 1. The Hall–Kier alpha value is -1.36. The fourth-order valence-corrected chi connectivity index (χ4v) is 3.08. The van der Waals surface area contributed by atoms with Crippen molar-refractivity contribution in [2.45, 2.75) is 23.5 Å². The lowest BCUT2D eigenvalue weighted by Gasteiger charge is -2.15. The second-order valence-electron chi connectivity index (χ2n) is 4.70. The summed E-state index contributed by atoms with van der Waals surface area (Å²) in [6, 6.07) is 12.5. The van der Waals surface area contributed by atoms with E-state index in [9.17, 15) is 4.79 Å². The third-order valence-electron chi connectivity index (χ3n) is 3.01. The Morgan fingerprint density at radius 2 is 1.86 bits per heavy atom. The molecule has 0 radical (unpaired) electrons. The van der Waals surface area contributed by atoms with Gasteiger partial charge in [0.2, 0.25) is 5.91 Å². The van der Waals surface area contributed by atoms with Gasteiger partial charge in [-0.25, -0.2) is 0 Å². The number of nitrogens with two attached hydrogens (primary N) is 1. The molecule has 116 valence electrons. The largest absolute Gasteiger partial charge is 0.399 e. The minimum Gasteiger partial charge on any atom is -0.399 e. The van der Waals surface area contributed by atoms with Crippen LogP contribution in [0.5, 0.6) is 0 Å². The number of hydrogen-bond acceptors (Lipinski definition) is 3. The highest BCUT2D eigenvalue weighted by molar-refractivity contribution is 8.00. The molecular formula is C16H16Cl2N2OS. The fraction of sp³-hybridized carbons (Fsp3) is 0.188. The molecule has 0 saturated heterocycles. The highest BCUT2D eigenvalue weighted by Gasteiger charge is 2.18. The Bertz CT molecular complexity index is 662. The van der Waals surface area contributed by atoms with E-state index in [1.165, 1.54) is 11.8 Å². The van der Waals surface area contributed by atoms with Gasteiger partial charge in [-0.05, 0) is 48.9 Å². The minimum absolute atomic E-state index is 0.0669. The molecule has 3 nitrogen and oxygen atoms in total. The number of hydrogen-bond donors (Lipinski definition) is 2. The lowest BCUT2D eigenvalue weighted by Crippen LogP contribution is -2.24. The van der Waals surface area contributed by atoms with E-state index in [0.717, 1.165) is 4.90 Å². The number of nitrogens with one attached hydrogen (secondary N) is 1. The van der Waals surface area contributed by atoms with Gasteiger partial charge in [0.15, 0.2) is 0 Å². The third-order valence-corrected chi connectivity index (χ3v) is 5.12. The predicted molar refractivity (Wildman–Crippen MR) is 95.9 cm³/mol. The Morgan fingerprint density at radius 1 is 1.18 bits per heavy atom. The molecule has 22 heavy (non-hydrogen) atoms. The number of benzene rings is 2. The Balaban J connectivity index is 2.04. The van der Waals surface area contributed by atoms with E-state index < -0.39 is 0 Å². The van der Waals surface area contributed by atoms with Crippen molar-refractivity contribution in [1.82, 2.24) is 0 Å². The molecule has 0 aliphatic carbocycles. The average molecular weight is 355 g/mol. The van der Waals surface area contributed by atoms with Gasteiger partial charge in [-0.3, -0.25) is 4.79 Å². The predicted octanol–water partition coefficient (Wildman–Crippen LogP) is 5.09. The smallest absolute Gasteiger partial charge is 0.237 e. The first-order valence-corrected chi connectivity index (χ1v) is 8.41.